The van der Waals surface area contributed by atoms with Gasteiger partial charge < -0.3 is 15.4 Å². The first-order valence-corrected chi connectivity index (χ1v) is 7.24. The molecule has 1 aromatic carbocycles. The number of H-pyrrole nitrogens is 1. The van der Waals surface area contributed by atoms with Crippen molar-refractivity contribution in [3.8, 4) is 0 Å². The second kappa shape index (κ2) is 7.47. The van der Waals surface area contributed by atoms with Crippen LogP contribution in [0.1, 0.15) is 42.5 Å². The quantitative estimate of drug-likeness (QED) is 0.653. The highest BCUT2D eigenvalue weighted by molar-refractivity contribution is 6.05. The van der Waals surface area contributed by atoms with Crippen LogP contribution in [0.25, 0.3) is 10.9 Å². The number of fused-ring (bicyclic) bond motifs is 1. The van der Waals surface area contributed by atoms with Crippen LogP contribution in [0.15, 0.2) is 30.5 Å². The van der Waals surface area contributed by atoms with E-state index in [9.17, 15) is 9.59 Å². The second-order valence-corrected chi connectivity index (χ2v) is 5.06. The molecule has 5 heteroatoms. The van der Waals surface area contributed by atoms with Crippen LogP contribution in [-0.2, 0) is 4.79 Å². The van der Waals surface area contributed by atoms with E-state index in [1.807, 2.05) is 24.4 Å². The van der Waals surface area contributed by atoms with E-state index in [1.165, 1.54) is 0 Å². The van der Waals surface area contributed by atoms with E-state index in [1.54, 1.807) is 6.07 Å². The Balaban J connectivity index is 1.73. The fourth-order valence-electron chi connectivity index (χ4n) is 2.33. The lowest BCUT2D eigenvalue weighted by molar-refractivity contribution is -0.137. The number of aromatic amines is 1. The molecule has 0 aliphatic heterocycles. The molecule has 2 aromatic rings. The number of rotatable bonds is 8. The van der Waals surface area contributed by atoms with Crippen molar-refractivity contribution < 1.29 is 14.7 Å². The normalized spacial score (nSPS) is 10.7. The third-order valence-electron chi connectivity index (χ3n) is 3.43. The number of amides is 1. The first-order chi connectivity index (χ1) is 10.2. The summed E-state index contributed by atoms with van der Waals surface area (Å²) < 4.78 is 0. The Morgan fingerprint density at radius 3 is 2.71 bits per heavy atom. The van der Waals surface area contributed by atoms with Gasteiger partial charge in [0.15, 0.2) is 0 Å². The van der Waals surface area contributed by atoms with E-state index in [0.717, 1.165) is 30.2 Å². The van der Waals surface area contributed by atoms with Crippen LogP contribution in [0, 0.1) is 0 Å². The van der Waals surface area contributed by atoms with E-state index >= 15 is 0 Å². The standard InChI is InChI=1S/C16H20N2O3/c19-14(20)8-3-1-2-4-10-18-16(21)13-7-5-6-12-9-11-17-15(12)13/h5-7,9,11,17H,1-4,8,10H2,(H,18,21)(H,19,20). The van der Waals surface area contributed by atoms with E-state index < -0.39 is 5.97 Å². The molecule has 1 heterocycles. The lowest BCUT2D eigenvalue weighted by atomic mass is 10.1. The molecular weight excluding hydrogens is 268 g/mol. The SMILES string of the molecule is O=C(O)CCCCCCNC(=O)c1cccc2cc[nH]c12. The molecule has 0 atom stereocenters. The molecule has 0 spiro atoms. The molecule has 21 heavy (non-hydrogen) atoms. The van der Waals surface area contributed by atoms with Gasteiger partial charge in [-0.3, -0.25) is 9.59 Å². The summed E-state index contributed by atoms with van der Waals surface area (Å²) in [4.78, 5) is 25.6. The van der Waals surface area contributed by atoms with Gasteiger partial charge in [0.1, 0.15) is 0 Å². The number of hydrogen-bond acceptors (Lipinski definition) is 2. The molecule has 112 valence electrons. The molecule has 5 nitrogen and oxygen atoms in total. The lowest BCUT2D eigenvalue weighted by Gasteiger charge is -2.06. The van der Waals surface area contributed by atoms with Crippen LogP contribution in [0.2, 0.25) is 0 Å². The number of hydrogen-bond donors (Lipinski definition) is 3. The van der Waals surface area contributed by atoms with E-state index in [2.05, 4.69) is 10.3 Å². The first kappa shape index (κ1) is 15.1. The zero-order chi connectivity index (χ0) is 15.1. The van der Waals surface area contributed by atoms with E-state index in [-0.39, 0.29) is 12.3 Å². The minimum atomic E-state index is -0.748. The molecule has 0 saturated heterocycles. The molecular formula is C16H20N2O3. The van der Waals surface area contributed by atoms with Crippen LogP contribution in [-0.4, -0.2) is 28.5 Å². The first-order valence-electron chi connectivity index (χ1n) is 7.24. The van der Waals surface area contributed by atoms with Crippen molar-refractivity contribution in [2.75, 3.05) is 6.54 Å². The Hall–Kier alpha value is -2.30. The van der Waals surface area contributed by atoms with E-state index in [4.69, 9.17) is 5.11 Å². The third-order valence-corrected chi connectivity index (χ3v) is 3.43. The van der Waals surface area contributed by atoms with Gasteiger partial charge in [0, 0.05) is 24.5 Å². The zero-order valence-corrected chi connectivity index (χ0v) is 11.9. The Labute approximate surface area is 123 Å². The summed E-state index contributed by atoms with van der Waals surface area (Å²) >= 11 is 0. The number of aromatic nitrogens is 1. The molecule has 1 amide bonds. The predicted octanol–water partition coefficient (Wildman–Crippen LogP) is 2.93. The monoisotopic (exact) mass is 288 g/mol. The van der Waals surface area contributed by atoms with Crippen LogP contribution in [0.3, 0.4) is 0 Å². The van der Waals surface area contributed by atoms with Crippen LogP contribution >= 0.6 is 0 Å². The van der Waals surface area contributed by atoms with Crippen molar-refractivity contribution in [3.63, 3.8) is 0 Å². The van der Waals surface area contributed by atoms with Crippen molar-refractivity contribution in [1.82, 2.24) is 10.3 Å². The number of aliphatic carboxylic acids is 1. The largest absolute Gasteiger partial charge is 0.481 e. The van der Waals surface area contributed by atoms with Gasteiger partial charge in [-0.25, -0.2) is 0 Å². The molecule has 0 radical (unpaired) electrons. The molecule has 1 aromatic heterocycles. The molecule has 0 bridgehead atoms. The molecule has 0 fully saturated rings. The van der Waals surface area contributed by atoms with Gasteiger partial charge >= 0.3 is 5.97 Å². The number of benzene rings is 1. The van der Waals surface area contributed by atoms with Crippen molar-refractivity contribution in [2.24, 2.45) is 0 Å². The van der Waals surface area contributed by atoms with Crippen LogP contribution in [0.5, 0.6) is 0 Å². The summed E-state index contributed by atoms with van der Waals surface area (Å²) in [6.07, 6.45) is 5.43. The Kier molecular flexibility index (Phi) is 5.37. The summed E-state index contributed by atoms with van der Waals surface area (Å²) in [5.74, 6) is -0.823. The second-order valence-electron chi connectivity index (χ2n) is 5.06. The average molecular weight is 288 g/mol. The summed E-state index contributed by atoms with van der Waals surface area (Å²) in [5.41, 5.74) is 1.51. The maximum Gasteiger partial charge on any atom is 0.303 e. The fourth-order valence-corrected chi connectivity index (χ4v) is 2.33. The van der Waals surface area contributed by atoms with Crippen LogP contribution < -0.4 is 5.32 Å². The molecule has 0 aliphatic rings. The maximum absolute atomic E-state index is 12.1. The highest BCUT2D eigenvalue weighted by Crippen LogP contribution is 2.16. The number of carboxylic acids is 1. The van der Waals surface area contributed by atoms with Gasteiger partial charge in [-0.1, -0.05) is 25.0 Å². The van der Waals surface area contributed by atoms with Crippen molar-refractivity contribution in [2.45, 2.75) is 32.1 Å². The highest BCUT2D eigenvalue weighted by Gasteiger charge is 2.09. The Bertz CT molecular complexity index is 619. The predicted molar refractivity (Wildman–Crippen MR) is 81.4 cm³/mol. The van der Waals surface area contributed by atoms with Crippen molar-refractivity contribution in [3.05, 3.63) is 36.0 Å². The number of nitrogens with one attached hydrogen (secondary N) is 2. The average Bonchev–Trinajstić information content (AvgIpc) is 2.93. The van der Waals surface area contributed by atoms with Crippen LogP contribution in [0.4, 0.5) is 0 Å². The Morgan fingerprint density at radius 1 is 1.10 bits per heavy atom. The summed E-state index contributed by atoms with van der Waals surface area (Å²) in [6, 6.07) is 7.58. The van der Waals surface area contributed by atoms with Gasteiger partial charge in [-0.05, 0) is 25.0 Å². The molecule has 3 N–H and O–H groups in total. The zero-order valence-electron chi connectivity index (χ0n) is 11.9. The van der Waals surface area contributed by atoms with Gasteiger partial charge in [0.2, 0.25) is 0 Å². The molecule has 2 rings (SSSR count). The minimum absolute atomic E-state index is 0.0754. The number of para-hydroxylation sites is 1. The van der Waals surface area contributed by atoms with Crippen molar-refractivity contribution >= 4 is 22.8 Å². The summed E-state index contributed by atoms with van der Waals surface area (Å²) in [6.45, 7) is 0.614. The van der Waals surface area contributed by atoms with Gasteiger partial charge in [-0.15, -0.1) is 0 Å². The Morgan fingerprint density at radius 2 is 1.90 bits per heavy atom. The fraction of sp³-hybridized carbons (Fsp3) is 0.375. The number of carbonyl (C=O) groups is 2. The maximum atomic E-state index is 12.1. The van der Waals surface area contributed by atoms with Crippen molar-refractivity contribution in [1.29, 1.82) is 0 Å². The summed E-state index contributed by atoms with van der Waals surface area (Å²) in [5, 5.41) is 12.5. The molecule has 0 aliphatic carbocycles. The number of unbranched alkanes of at least 4 members (excludes halogenated alkanes) is 3. The number of carbonyl (C=O) groups excluding carboxylic acids is 1. The van der Waals surface area contributed by atoms with E-state index in [0.29, 0.717) is 18.5 Å². The third kappa shape index (κ3) is 4.34. The summed E-state index contributed by atoms with van der Waals surface area (Å²) in [7, 11) is 0. The highest BCUT2D eigenvalue weighted by atomic mass is 16.4. The molecule has 0 unspecified atom stereocenters. The topological polar surface area (TPSA) is 82.2 Å². The molecule has 0 saturated carbocycles. The smallest absolute Gasteiger partial charge is 0.303 e. The minimum Gasteiger partial charge on any atom is -0.481 e. The number of carboxylic acid groups (broad SMARTS) is 1. The lowest BCUT2D eigenvalue weighted by Crippen LogP contribution is -2.24. The van der Waals surface area contributed by atoms with Gasteiger partial charge in [0.05, 0.1) is 11.1 Å². The van der Waals surface area contributed by atoms with Gasteiger partial charge in [0.25, 0.3) is 5.91 Å². The van der Waals surface area contributed by atoms with Gasteiger partial charge in [-0.2, -0.15) is 0 Å².